The van der Waals surface area contributed by atoms with Crippen LogP contribution < -0.4 is 0 Å². The Kier molecular flexibility index (Phi) is 5.49. The predicted molar refractivity (Wildman–Crippen MR) is 171 cm³/mol. The fourth-order valence-corrected chi connectivity index (χ4v) is 7.46. The van der Waals surface area contributed by atoms with Crippen molar-refractivity contribution in [3.8, 4) is 22.3 Å². The van der Waals surface area contributed by atoms with Crippen LogP contribution in [0.15, 0.2) is 96.6 Å². The molecular weight excluding hydrogens is 504 g/mol. The van der Waals surface area contributed by atoms with Crippen LogP contribution >= 0.6 is 11.6 Å². The Hall–Kier alpha value is -3.35. The van der Waals surface area contributed by atoms with Crippen LogP contribution in [-0.2, 0) is 16.2 Å². The van der Waals surface area contributed by atoms with Crippen molar-refractivity contribution in [3.05, 3.63) is 135 Å². The van der Waals surface area contributed by atoms with Crippen LogP contribution in [0.3, 0.4) is 0 Å². The zero-order chi connectivity index (χ0) is 28.0. The summed E-state index contributed by atoms with van der Waals surface area (Å²) in [5, 5.41) is 0.771. The van der Waals surface area contributed by atoms with E-state index in [0.29, 0.717) is 0 Å². The normalized spacial score (nSPS) is 19.1. The van der Waals surface area contributed by atoms with E-state index in [1.54, 1.807) is 5.57 Å². The average molecular weight is 541 g/mol. The molecular formula is C39H37Cl. The summed E-state index contributed by atoms with van der Waals surface area (Å²) in [5.74, 6) is 0. The zero-order valence-electron chi connectivity index (χ0n) is 24.5. The van der Waals surface area contributed by atoms with Crippen LogP contribution in [0.1, 0.15) is 87.8 Å². The van der Waals surface area contributed by atoms with Gasteiger partial charge in [-0.3, -0.25) is 0 Å². The molecule has 1 heteroatoms. The molecule has 1 spiro atoms. The summed E-state index contributed by atoms with van der Waals surface area (Å²) in [6.45, 7) is 14.0. The van der Waals surface area contributed by atoms with E-state index < -0.39 is 0 Å². The van der Waals surface area contributed by atoms with Gasteiger partial charge in [0.2, 0.25) is 0 Å². The van der Waals surface area contributed by atoms with E-state index in [2.05, 4.69) is 120 Å². The number of hydrogen-bond acceptors (Lipinski definition) is 0. The summed E-state index contributed by atoms with van der Waals surface area (Å²) in [5.41, 5.74) is 16.5. The van der Waals surface area contributed by atoms with Crippen LogP contribution in [0.2, 0.25) is 5.02 Å². The van der Waals surface area contributed by atoms with Gasteiger partial charge in [0, 0.05) is 5.02 Å². The molecule has 0 N–H and O–H groups in total. The average Bonchev–Trinajstić information content (AvgIpc) is 3.39. The van der Waals surface area contributed by atoms with Crippen LogP contribution in [0.25, 0.3) is 27.8 Å². The number of halogens is 1. The van der Waals surface area contributed by atoms with Gasteiger partial charge in [0.05, 0.1) is 5.41 Å². The van der Waals surface area contributed by atoms with E-state index in [-0.39, 0.29) is 16.2 Å². The summed E-state index contributed by atoms with van der Waals surface area (Å²) in [6.07, 6.45) is 6.92. The van der Waals surface area contributed by atoms with Gasteiger partial charge < -0.3 is 0 Å². The third kappa shape index (κ3) is 3.52. The van der Waals surface area contributed by atoms with Crippen molar-refractivity contribution in [3.63, 3.8) is 0 Å². The molecule has 0 bridgehead atoms. The highest BCUT2D eigenvalue weighted by molar-refractivity contribution is 6.30. The quantitative estimate of drug-likeness (QED) is 0.225. The first kappa shape index (κ1) is 25.6. The molecule has 1 unspecified atom stereocenters. The van der Waals surface area contributed by atoms with Gasteiger partial charge in [0.25, 0.3) is 0 Å². The highest BCUT2D eigenvalue weighted by Gasteiger charge is 2.53. The molecule has 0 heterocycles. The molecule has 7 rings (SSSR count). The van der Waals surface area contributed by atoms with Crippen molar-refractivity contribution in [2.45, 2.75) is 70.6 Å². The third-order valence-corrected chi connectivity index (χ3v) is 9.62. The molecule has 0 aliphatic heterocycles. The summed E-state index contributed by atoms with van der Waals surface area (Å²) in [7, 11) is 0. The van der Waals surface area contributed by atoms with E-state index in [9.17, 15) is 0 Å². The van der Waals surface area contributed by atoms with Crippen LogP contribution in [-0.4, -0.2) is 0 Å². The van der Waals surface area contributed by atoms with Gasteiger partial charge in [0.1, 0.15) is 0 Å². The molecule has 0 fully saturated rings. The summed E-state index contributed by atoms with van der Waals surface area (Å²) >= 11 is 6.38. The van der Waals surface area contributed by atoms with E-state index >= 15 is 0 Å². The van der Waals surface area contributed by atoms with Crippen molar-refractivity contribution in [1.82, 2.24) is 0 Å². The van der Waals surface area contributed by atoms with E-state index in [1.165, 1.54) is 61.2 Å². The molecule has 4 aromatic rings. The molecule has 0 nitrogen and oxygen atoms in total. The van der Waals surface area contributed by atoms with Crippen molar-refractivity contribution in [2.24, 2.45) is 0 Å². The Morgan fingerprint density at radius 3 is 2.08 bits per heavy atom. The zero-order valence-corrected chi connectivity index (χ0v) is 25.2. The Morgan fingerprint density at radius 1 is 0.650 bits per heavy atom. The fourth-order valence-electron chi connectivity index (χ4n) is 7.33. The SMILES string of the molecule is CC(C)(C)c1ccc2c(c1)C1(C3=C(C=CCC3)c3ccccc31)c1cc(C(C)(C)C)cc(-c3ccc(Cl)cc3)c1-2. The van der Waals surface area contributed by atoms with Gasteiger partial charge in [-0.15, -0.1) is 0 Å². The Labute approximate surface area is 244 Å². The molecule has 0 radical (unpaired) electrons. The molecule has 4 aromatic carbocycles. The maximum absolute atomic E-state index is 6.38. The Bertz CT molecular complexity index is 1750. The summed E-state index contributed by atoms with van der Waals surface area (Å²) in [6, 6.07) is 29.9. The fraction of sp³-hybridized carbons (Fsp3) is 0.282. The minimum absolute atomic E-state index is 0.00450. The molecule has 0 aromatic heterocycles. The first-order valence-electron chi connectivity index (χ1n) is 14.6. The molecule has 1 atom stereocenters. The molecule has 0 saturated carbocycles. The molecule has 200 valence electrons. The van der Waals surface area contributed by atoms with E-state index in [1.807, 2.05) is 12.1 Å². The molecule has 0 amide bonds. The minimum Gasteiger partial charge on any atom is -0.0843 e. The van der Waals surface area contributed by atoms with Crippen LogP contribution in [0.5, 0.6) is 0 Å². The molecule has 0 saturated heterocycles. The Balaban J connectivity index is 1.68. The van der Waals surface area contributed by atoms with Crippen molar-refractivity contribution >= 4 is 17.2 Å². The van der Waals surface area contributed by atoms with Crippen LogP contribution in [0.4, 0.5) is 0 Å². The maximum Gasteiger partial charge on any atom is 0.0688 e. The lowest BCUT2D eigenvalue weighted by Crippen LogP contribution is -2.29. The lowest BCUT2D eigenvalue weighted by Gasteiger charge is -2.35. The first-order valence-corrected chi connectivity index (χ1v) is 15.0. The number of benzene rings is 4. The standard InChI is InChI=1S/C39H37Cl/c1-37(2,3)25-17-20-30-34(22-25)39(32-13-9-7-11-28(32)29-12-8-10-14-33(29)39)35-23-26(38(4,5)6)21-31(36(30)35)24-15-18-27(40)19-16-24/h7-9,11-13,15-23H,10,14H2,1-6H3. The number of rotatable bonds is 1. The van der Waals surface area contributed by atoms with Gasteiger partial charge >= 0.3 is 0 Å². The monoisotopic (exact) mass is 540 g/mol. The highest BCUT2D eigenvalue weighted by Crippen LogP contribution is 2.65. The lowest BCUT2D eigenvalue weighted by atomic mass is 9.66. The largest absolute Gasteiger partial charge is 0.0843 e. The first-order chi connectivity index (χ1) is 19.0. The second-order valence-corrected chi connectivity index (χ2v) is 14.3. The van der Waals surface area contributed by atoms with Gasteiger partial charge in [-0.05, 0) is 109 Å². The summed E-state index contributed by atoms with van der Waals surface area (Å²) < 4.78 is 0. The highest BCUT2D eigenvalue weighted by atomic mass is 35.5. The minimum atomic E-state index is -0.287. The van der Waals surface area contributed by atoms with E-state index in [0.717, 1.165) is 17.9 Å². The number of hydrogen-bond donors (Lipinski definition) is 0. The topological polar surface area (TPSA) is 0 Å². The van der Waals surface area contributed by atoms with Crippen molar-refractivity contribution in [2.75, 3.05) is 0 Å². The third-order valence-electron chi connectivity index (χ3n) is 9.37. The number of fused-ring (bicyclic) bond motifs is 9. The number of allylic oxidation sites excluding steroid dienone is 4. The van der Waals surface area contributed by atoms with Gasteiger partial charge in [-0.25, -0.2) is 0 Å². The molecule has 3 aliphatic rings. The van der Waals surface area contributed by atoms with E-state index in [4.69, 9.17) is 11.6 Å². The van der Waals surface area contributed by atoms with Crippen molar-refractivity contribution < 1.29 is 0 Å². The summed E-state index contributed by atoms with van der Waals surface area (Å²) in [4.78, 5) is 0. The maximum atomic E-state index is 6.38. The second-order valence-electron chi connectivity index (χ2n) is 13.8. The van der Waals surface area contributed by atoms with Gasteiger partial charge in [-0.2, -0.15) is 0 Å². The predicted octanol–water partition coefficient (Wildman–Crippen LogP) is 11.0. The van der Waals surface area contributed by atoms with Crippen molar-refractivity contribution in [1.29, 1.82) is 0 Å². The van der Waals surface area contributed by atoms with Crippen LogP contribution in [0, 0.1) is 0 Å². The second kappa shape index (κ2) is 8.58. The van der Waals surface area contributed by atoms with Gasteiger partial charge in [-0.1, -0.05) is 126 Å². The Morgan fingerprint density at radius 2 is 1.35 bits per heavy atom. The lowest BCUT2D eigenvalue weighted by molar-refractivity contribution is 0.585. The molecule has 40 heavy (non-hydrogen) atoms. The smallest absolute Gasteiger partial charge is 0.0688 e. The van der Waals surface area contributed by atoms with Gasteiger partial charge in [0.15, 0.2) is 0 Å². The molecule has 3 aliphatic carbocycles.